The van der Waals surface area contributed by atoms with Crippen LogP contribution in [0.25, 0.3) is 0 Å². The summed E-state index contributed by atoms with van der Waals surface area (Å²) in [6, 6.07) is 0. The smallest absolute Gasteiger partial charge is 0.462 e. The third-order valence-electron chi connectivity index (χ3n) is 8.20. The molecule has 0 rings (SSSR count). The molecule has 0 saturated carbocycles. The maximum Gasteiger partial charge on any atom is 0.472 e. The van der Waals surface area contributed by atoms with Gasteiger partial charge >= 0.3 is 19.8 Å². The van der Waals surface area contributed by atoms with Crippen LogP contribution in [0, 0.1) is 0 Å². The average molecular weight is 740 g/mol. The molecule has 0 spiro atoms. The molecule has 0 heterocycles. The van der Waals surface area contributed by atoms with Gasteiger partial charge in [0.2, 0.25) is 0 Å². The molecule has 0 aliphatic rings. The van der Waals surface area contributed by atoms with Gasteiger partial charge < -0.3 is 20.1 Å². The first-order valence-electron chi connectivity index (χ1n) is 20.1. The molecular weight excluding hydrogens is 665 g/mol. The second-order valence-electron chi connectivity index (χ2n) is 13.1. The molecule has 9 nitrogen and oxygen atoms in total. The number of hydrogen-bond donors (Lipinski definition) is 2. The van der Waals surface area contributed by atoms with Crippen molar-refractivity contribution in [2.45, 2.75) is 174 Å². The van der Waals surface area contributed by atoms with E-state index < -0.39 is 32.5 Å². The Bertz CT molecular complexity index is 981. The van der Waals surface area contributed by atoms with Gasteiger partial charge in [-0.1, -0.05) is 133 Å². The molecule has 10 heteroatoms. The van der Waals surface area contributed by atoms with E-state index in [4.69, 9.17) is 24.3 Å². The molecular formula is C41H74NO8P. The number of rotatable bonds is 37. The van der Waals surface area contributed by atoms with Gasteiger partial charge in [0.05, 0.1) is 13.2 Å². The monoisotopic (exact) mass is 740 g/mol. The molecule has 0 aliphatic carbocycles. The molecule has 0 aliphatic heterocycles. The number of carbonyl (C=O) groups excluding carboxylic acids is 2. The van der Waals surface area contributed by atoms with Gasteiger partial charge in [-0.15, -0.1) is 0 Å². The predicted molar refractivity (Wildman–Crippen MR) is 210 cm³/mol. The number of esters is 2. The number of hydrogen-bond acceptors (Lipinski definition) is 8. The van der Waals surface area contributed by atoms with E-state index in [9.17, 15) is 19.0 Å². The van der Waals surface area contributed by atoms with Crippen molar-refractivity contribution in [1.82, 2.24) is 0 Å². The molecule has 0 amide bonds. The fourth-order valence-electron chi connectivity index (χ4n) is 5.23. The summed E-state index contributed by atoms with van der Waals surface area (Å²) in [6.45, 7) is 3.57. The van der Waals surface area contributed by atoms with Crippen LogP contribution >= 0.6 is 7.82 Å². The highest BCUT2D eigenvalue weighted by Gasteiger charge is 2.25. The van der Waals surface area contributed by atoms with Gasteiger partial charge in [-0.25, -0.2) is 4.57 Å². The van der Waals surface area contributed by atoms with Crippen LogP contribution in [-0.4, -0.2) is 49.3 Å². The van der Waals surface area contributed by atoms with Gasteiger partial charge in [-0.05, 0) is 70.6 Å². The zero-order valence-corrected chi connectivity index (χ0v) is 33.2. The zero-order chi connectivity index (χ0) is 37.5. The molecule has 3 N–H and O–H groups in total. The highest BCUT2D eigenvalue weighted by Crippen LogP contribution is 2.43. The fraction of sp³-hybridized carbons (Fsp3) is 0.756. The molecule has 0 radical (unpaired) electrons. The van der Waals surface area contributed by atoms with Gasteiger partial charge in [0.25, 0.3) is 0 Å². The first-order chi connectivity index (χ1) is 24.8. The van der Waals surface area contributed by atoms with Crippen LogP contribution in [0.4, 0.5) is 0 Å². The van der Waals surface area contributed by atoms with Crippen molar-refractivity contribution in [3.8, 4) is 0 Å². The number of phosphoric ester groups is 1. The quantitative estimate of drug-likeness (QED) is 0.0276. The van der Waals surface area contributed by atoms with E-state index in [-0.39, 0.29) is 32.6 Å². The molecule has 2 atom stereocenters. The Morgan fingerprint density at radius 2 is 1.08 bits per heavy atom. The van der Waals surface area contributed by atoms with Crippen molar-refractivity contribution in [2.75, 3.05) is 26.4 Å². The summed E-state index contributed by atoms with van der Waals surface area (Å²) >= 11 is 0. The van der Waals surface area contributed by atoms with E-state index in [2.05, 4.69) is 62.5 Å². The third kappa shape index (κ3) is 37.5. The summed E-state index contributed by atoms with van der Waals surface area (Å²) in [6.07, 6.45) is 41.4. The lowest BCUT2D eigenvalue weighted by molar-refractivity contribution is -0.161. The lowest BCUT2D eigenvalue weighted by Gasteiger charge is -2.19. The van der Waals surface area contributed by atoms with Gasteiger partial charge in [-0.3, -0.25) is 18.6 Å². The van der Waals surface area contributed by atoms with Crippen molar-refractivity contribution in [3.63, 3.8) is 0 Å². The predicted octanol–water partition coefficient (Wildman–Crippen LogP) is 11.2. The topological polar surface area (TPSA) is 134 Å². The Labute approximate surface area is 311 Å². The maximum absolute atomic E-state index is 12.5. The minimum absolute atomic E-state index is 0.0476. The summed E-state index contributed by atoms with van der Waals surface area (Å²) in [4.78, 5) is 34.8. The van der Waals surface area contributed by atoms with E-state index in [1.807, 2.05) is 0 Å². The number of carbonyl (C=O) groups is 2. The second-order valence-corrected chi connectivity index (χ2v) is 14.6. The highest BCUT2D eigenvalue weighted by molar-refractivity contribution is 7.47. The van der Waals surface area contributed by atoms with E-state index >= 15 is 0 Å². The van der Waals surface area contributed by atoms with Crippen LogP contribution in [0.3, 0.4) is 0 Å². The first-order valence-corrected chi connectivity index (χ1v) is 21.6. The molecule has 0 aromatic heterocycles. The molecule has 0 saturated heterocycles. The number of unbranched alkanes of at least 4 members (excludes halogenated alkanes) is 16. The van der Waals surface area contributed by atoms with Crippen LogP contribution in [0.1, 0.15) is 168 Å². The van der Waals surface area contributed by atoms with Crippen molar-refractivity contribution in [2.24, 2.45) is 5.73 Å². The molecule has 51 heavy (non-hydrogen) atoms. The first kappa shape index (κ1) is 49.0. The minimum atomic E-state index is -4.38. The third-order valence-corrected chi connectivity index (χ3v) is 9.18. The van der Waals surface area contributed by atoms with Crippen LogP contribution in [0.15, 0.2) is 48.6 Å². The normalized spacial score (nSPS) is 13.9. The molecule has 0 aromatic carbocycles. The summed E-state index contributed by atoms with van der Waals surface area (Å²) in [5.74, 6) is -0.861. The summed E-state index contributed by atoms with van der Waals surface area (Å²) in [5.41, 5.74) is 5.33. The SMILES string of the molecule is CCC=CCC=CCC=CCCCCCCCC(=O)OC(COC(=O)CCCCCCCC=CCCCCCCCC)COP(=O)(O)OCCN. The van der Waals surface area contributed by atoms with E-state index in [1.165, 1.54) is 44.9 Å². The molecule has 0 aromatic rings. The second kappa shape index (κ2) is 37.7. The average Bonchev–Trinajstić information content (AvgIpc) is 3.11. The standard InChI is InChI=1S/C41H74NO8P/c1-3-5-7-9-11-13-15-17-19-21-23-25-27-29-31-33-40(43)47-37-39(38-49-51(45,46)48-36-35-42)50-41(44)34-32-30-28-26-24-22-20-18-16-14-12-10-8-6-4-2/h6,8,12,14,17-20,39H,3-5,7,9-11,13,15-16,21-38,42H2,1-2H3,(H,45,46). The van der Waals surface area contributed by atoms with Crippen LogP contribution in [0.2, 0.25) is 0 Å². The summed E-state index contributed by atoms with van der Waals surface area (Å²) in [7, 11) is -4.38. The number of phosphoric acid groups is 1. The minimum Gasteiger partial charge on any atom is -0.462 e. The zero-order valence-electron chi connectivity index (χ0n) is 32.3. The number of nitrogens with two attached hydrogens (primary N) is 1. The van der Waals surface area contributed by atoms with E-state index in [0.717, 1.165) is 89.9 Å². The van der Waals surface area contributed by atoms with E-state index in [1.54, 1.807) is 0 Å². The fourth-order valence-corrected chi connectivity index (χ4v) is 6.00. The van der Waals surface area contributed by atoms with Gasteiger partial charge in [0.1, 0.15) is 6.61 Å². The van der Waals surface area contributed by atoms with E-state index in [0.29, 0.717) is 6.42 Å². The van der Waals surface area contributed by atoms with Crippen LogP contribution in [-0.2, 0) is 32.7 Å². The lowest BCUT2D eigenvalue weighted by atomic mass is 10.1. The van der Waals surface area contributed by atoms with Gasteiger partial charge in [-0.2, -0.15) is 0 Å². The Kier molecular flexibility index (Phi) is 36.2. The molecule has 0 fully saturated rings. The molecule has 2 unspecified atom stereocenters. The number of allylic oxidation sites excluding steroid dienone is 8. The maximum atomic E-state index is 12.5. The molecule has 296 valence electrons. The highest BCUT2D eigenvalue weighted by atomic mass is 31.2. The summed E-state index contributed by atoms with van der Waals surface area (Å²) < 4.78 is 32.7. The summed E-state index contributed by atoms with van der Waals surface area (Å²) in [5, 5.41) is 0. The van der Waals surface area contributed by atoms with Crippen molar-refractivity contribution in [3.05, 3.63) is 48.6 Å². The van der Waals surface area contributed by atoms with Crippen LogP contribution < -0.4 is 5.73 Å². The van der Waals surface area contributed by atoms with Gasteiger partial charge in [0.15, 0.2) is 6.10 Å². The lowest BCUT2D eigenvalue weighted by Crippen LogP contribution is -2.29. The Balaban J connectivity index is 4.24. The van der Waals surface area contributed by atoms with Crippen molar-refractivity contribution in [1.29, 1.82) is 0 Å². The van der Waals surface area contributed by atoms with Gasteiger partial charge in [0, 0.05) is 19.4 Å². The number of ether oxygens (including phenoxy) is 2. The van der Waals surface area contributed by atoms with Crippen molar-refractivity contribution < 1.29 is 37.6 Å². The molecule has 0 bridgehead atoms. The van der Waals surface area contributed by atoms with Crippen molar-refractivity contribution >= 4 is 19.8 Å². The van der Waals surface area contributed by atoms with Crippen LogP contribution in [0.5, 0.6) is 0 Å². The Morgan fingerprint density at radius 3 is 1.63 bits per heavy atom. The Morgan fingerprint density at radius 1 is 0.608 bits per heavy atom. The Hall–Kier alpha value is -2.03. The largest absolute Gasteiger partial charge is 0.472 e.